The van der Waals surface area contributed by atoms with Crippen molar-refractivity contribution in [1.29, 1.82) is 0 Å². The molecular formula is C10H15NO4. The molecule has 15 heavy (non-hydrogen) atoms. The summed E-state index contributed by atoms with van der Waals surface area (Å²) < 4.78 is 5.21. The van der Waals surface area contributed by atoms with E-state index >= 15 is 0 Å². The van der Waals surface area contributed by atoms with Crippen molar-refractivity contribution in [2.75, 3.05) is 19.7 Å². The lowest BCUT2D eigenvalue weighted by Crippen LogP contribution is -2.41. The van der Waals surface area contributed by atoms with Gasteiger partial charge in [0.25, 0.3) is 5.91 Å². The quantitative estimate of drug-likeness (QED) is 0.665. The number of carbonyl (C=O) groups is 2. The summed E-state index contributed by atoms with van der Waals surface area (Å²) in [6.07, 6.45) is 2.57. The lowest BCUT2D eigenvalue weighted by Gasteiger charge is -2.21. The number of ether oxygens (including phenoxy) is 1. The van der Waals surface area contributed by atoms with E-state index in [-0.39, 0.29) is 19.0 Å². The predicted molar refractivity (Wildman–Crippen MR) is 53.4 cm³/mol. The smallest absolute Gasteiger partial charge is 0.323 e. The van der Waals surface area contributed by atoms with Crippen LogP contribution in [-0.4, -0.2) is 47.7 Å². The second-order valence-electron chi connectivity index (χ2n) is 3.40. The monoisotopic (exact) mass is 213 g/mol. The molecule has 0 unspecified atom stereocenters. The number of nitrogens with zero attached hydrogens (tertiary/aromatic N) is 1. The molecule has 1 aliphatic rings. The SMILES string of the molecule is C=CCN(CC(=O)O)C(=O)[C@@H]1CCCO1. The molecule has 1 heterocycles. The average Bonchev–Trinajstić information content (AvgIpc) is 2.68. The Hall–Kier alpha value is -1.36. The zero-order chi connectivity index (χ0) is 11.3. The van der Waals surface area contributed by atoms with Gasteiger partial charge in [0, 0.05) is 13.2 Å². The molecule has 1 amide bonds. The summed E-state index contributed by atoms with van der Waals surface area (Å²) in [5.41, 5.74) is 0. The van der Waals surface area contributed by atoms with E-state index in [4.69, 9.17) is 9.84 Å². The summed E-state index contributed by atoms with van der Waals surface area (Å²) in [5, 5.41) is 8.63. The molecule has 5 nitrogen and oxygen atoms in total. The Morgan fingerprint density at radius 2 is 2.33 bits per heavy atom. The Kier molecular flexibility index (Phi) is 4.30. The van der Waals surface area contributed by atoms with Crippen LogP contribution in [0, 0.1) is 0 Å². The highest BCUT2D eigenvalue weighted by Gasteiger charge is 2.28. The van der Waals surface area contributed by atoms with Crippen molar-refractivity contribution in [3.05, 3.63) is 12.7 Å². The van der Waals surface area contributed by atoms with E-state index in [0.29, 0.717) is 13.0 Å². The molecule has 0 aliphatic carbocycles. The number of hydrogen-bond donors (Lipinski definition) is 1. The number of rotatable bonds is 5. The number of amides is 1. The van der Waals surface area contributed by atoms with Gasteiger partial charge in [0.2, 0.25) is 0 Å². The van der Waals surface area contributed by atoms with Gasteiger partial charge in [0.1, 0.15) is 12.6 Å². The van der Waals surface area contributed by atoms with Gasteiger partial charge in [-0.15, -0.1) is 6.58 Å². The first-order valence-electron chi connectivity index (χ1n) is 4.88. The molecule has 1 rings (SSSR count). The number of carbonyl (C=O) groups excluding carboxylic acids is 1. The van der Waals surface area contributed by atoms with Crippen LogP contribution in [0.5, 0.6) is 0 Å². The van der Waals surface area contributed by atoms with Crippen LogP contribution in [0.15, 0.2) is 12.7 Å². The molecule has 0 aromatic heterocycles. The fraction of sp³-hybridized carbons (Fsp3) is 0.600. The summed E-state index contributed by atoms with van der Waals surface area (Å²) in [6.45, 7) is 4.00. The molecule has 0 radical (unpaired) electrons. The van der Waals surface area contributed by atoms with Crippen LogP contribution in [0.2, 0.25) is 0 Å². The number of carboxylic acids is 1. The summed E-state index contributed by atoms with van der Waals surface area (Å²) in [4.78, 5) is 23.5. The van der Waals surface area contributed by atoms with Crippen molar-refractivity contribution >= 4 is 11.9 Å². The average molecular weight is 213 g/mol. The minimum absolute atomic E-state index is 0.241. The number of carboxylic acid groups (broad SMARTS) is 1. The zero-order valence-electron chi connectivity index (χ0n) is 8.52. The molecule has 1 aliphatic heterocycles. The van der Waals surface area contributed by atoms with Crippen LogP contribution < -0.4 is 0 Å². The standard InChI is InChI=1S/C10H15NO4/c1-2-5-11(7-9(12)13)10(14)8-4-3-6-15-8/h2,8H,1,3-7H2,(H,12,13)/t8-/m0/s1. The summed E-state index contributed by atoms with van der Waals surface area (Å²) >= 11 is 0. The molecule has 0 saturated carbocycles. The van der Waals surface area contributed by atoms with Crippen molar-refractivity contribution in [3.63, 3.8) is 0 Å². The Balaban J connectivity index is 2.56. The van der Waals surface area contributed by atoms with Crippen LogP contribution in [0.25, 0.3) is 0 Å². The second kappa shape index (κ2) is 5.50. The fourth-order valence-corrected chi connectivity index (χ4v) is 1.53. The van der Waals surface area contributed by atoms with E-state index in [1.165, 1.54) is 11.0 Å². The first kappa shape index (κ1) is 11.7. The van der Waals surface area contributed by atoms with E-state index in [1.54, 1.807) is 0 Å². The lowest BCUT2D eigenvalue weighted by atomic mass is 10.2. The van der Waals surface area contributed by atoms with Crippen LogP contribution in [0.4, 0.5) is 0 Å². The van der Waals surface area contributed by atoms with Gasteiger partial charge in [-0.2, -0.15) is 0 Å². The molecule has 1 atom stereocenters. The maximum absolute atomic E-state index is 11.8. The van der Waals surface area contributed by atoms with E-state index in [1.807, 2.05) is 0 Å². The van der Waals surface area contributed by atoms with Gasteiger partial charge in [-0.1, -0.05) is 6.08 Å². The Labute approximate surface area is 88.3 Å². The molecule has 0 aromatic carbocycles. The van der Waals surface area contributed by atoms with Crippen LogP contribution in [0.3, 0.4) is 0 Å². The largest absolute Gasteiger partial charge is 0.480 e. The van der Waals surface area contributed by atoms with Crippen molar-refractivity contribution in [3.8, 4) is 0 Å². The summed E-state index contributed by atoms with van der Waals surface area (Å²) in [7, 11) is 0. The third kappa shape index (κ3) is 3.36. The highest BCUT2D eigenvalue weighted by molar-refractivity contribution is 5.84. The van der Waals surface area contributed by atoms with Crippen LogP contribution >= 0.6 is 0 Å². The normalized spacial score (nSPS) is 19.9. The molecule has 0 spiro atoms. The molecule has 0 aromatic rings. The molecule has 1 fully saturated rings. The second-order valence-corrected chi connectivity index (χ2v) is 3.40. The number of aliphatic carboxylic acids is 1. The van der Waals surface area contributed by atoms with E-state index in [9.17, 15) is 9.59 Å². The number of hydrogen-bond acceptors (Lipinski definition) is 3. The molecular weight excluding hydrogens is 198 g/mol. The van der Waals surface area contributed by atoms with E-state index in [0.717, 1.165) is 6.42 Å². The Bertz CT molecular complexity index is 258. The maximum atomic E-state index is 11.8. The van der Waals surface area contributed by atoms with Crippen molar-refractivity contribution < 1.29 is 19.4 Å². The molecule has 1 N–H and O–H groups in total. The topological polar surface area (TPSA) is 66.8 Å². The van der Waals surface area contributed by atoms with Crippen molar-refractivity contribution in [1.82, 2.24) is 4.90 Å². The zero-order valence-corrected chi connectivity index (χ0v) is 8.52. The van der Waals surface area contributed by atoms with Gasteiger partial charge in [-0.25, -0.2) is 0 Å². The third-order valence-corrected chi connectivity index (χ3v) is 2.19. The molecule has 1 saturated heterocycles. The first-order chi connectivity index (χ1) is 7.15. The lowest BCUT2D eigenvalue weighted by molar-refractivity contribution is -0.148. The fourth-order valence-electron chi connectivity index (χ4n) is 1.53. The van der Waals surface area contributed by atoms with Gasteiger partial charge < -0.3 is 14.7 Å². The first-order valence-corrected chi connectivity index (χ1v) is 4.88. The summed E-state index contributed by atoms with van der Waals surface area (Å²) in [6, 6.07) is 0. The maximum Gasteiger partial charge on any atom is 0.323 e. The van der Waals surface area contributed by atoms with E-state index < -0.39 is 12.1 Å². The highest BCUT2D eigenvalue weighted by Crippen LogP contribution is 2.14. The van der Waals surface area contributed by atoms with E-state index in [2.05, 4.69) is 6.58 Å². The van der Waals surface area contributed by atoms with Crippen LogP contribution in [-0.2, 0) is 14.3 Å². The van der Waals surface area contributed by atoms with Gasteiger partial charge in [0.05, 0.1) is 0 Å². The molecule has 5 heteroatoms. The molecule has 84 valence electrons. The Morgan fingerprint density at radius 1 is 1.60 bits per heavy atom. The molecule has 0 bridgehead atoms. The predicted octanol–water partition coefficient (Wildman–Crippen LogP) is 0.265. The minimum Gasteiger partial charge on any atom is -0.480 e. The third-order valence-electron chi connectivity index (χ3n) is 2.19. The minimum atomic E-state index is -1.02. The summed E-state index contributed by atoms with van der Waals surface area (Å²) in [5.74, 6) is -1.28. The van der Waals surface area contributed by atoms with Crippen LogP contribution in [0.1, 0.15) is 12.8 Å². The van der Waals surface area contributed by atoms with Gasteiger partial charge >= 0.3 is 5.97 Å². The van der Waals surface area contributed by atoms with Gasteiger partial charge in [-0.05, 0) is 12.8 Å². The highest BCUT2D eigenvalue weighted by atomic mass is 16.5. The van der Waals surface area contributed by atoms with Gasteiger partial charge in [0.15, 0.2) is 0 Å². The van der Waals surface area contributed by atoms with Crippen molar-refractivity contribution in [2.45, 2.75) is 18.9 Å². The van der Waals surface area contributed by atoms with Crippen molar-refractivity contribution in [2.24, 2.45) is 0 Å². The Morgan fingerprint density at radius 3 is 2.80 bits per heavy atom. The van der Waals surface area contributed by atoms with Gasteiger partial charge in [-0.3, -0.25) is 9.59 Å².